The van der Waals surface area contributed by atoms with Crippen LogP contribution in [0.1, 0.15) is 19.3 Å². The SMILES string of the molecule is Cl.Cl.O=C(CCC1CCNC1)N1CCN(c2cccs2)CC1. The van der Waals surface area contributed by atoms with Gasteiger partial charge in [0.1, 0.15) is 0 Å². The molecule has 0 aromatic carbocycles. The maximum Gasteiger partial charge on any atom is 0.222 e. The minimum atomic E-state index is 0. The maximum absolute atomic E-state index is 12.2. The highest BCUT2D eigenvalue weighted by Gasteiger charge is 2.23. The van der Waals surface area contributed by atoms with Crippen molar-refractivity contribution in [1.82, 2.24) is 10.2 Å². The van der Waals surface area contributed by atoms with Crippen LogP contribution in [0.25, 0.3) is 0 Å². The molecule has 22 heavy (non-hydrogen) atoms. The van der Waals surface area contributed by atoms with Crippen LogP contribution in [-0.4, -0.2) is 50.1 Å². The van der Waals surface area contributed by atoms with Crippen molar-refractivity contribution in [2.75, 3.05) is 44.2 Å². The van der Waals surface area contributed by atoms with E-state index in [2.05, 4.69) is 27.7 Å². The van der Waals surface area contributed by atoms with Crippen LogP contribution >= 0.6 is 36.2 Å². The van der Waals surface area contributed by atoms with Crippen LogP contribution in [0.5, 0.6) is 0 Å². The summed E-state index contributed by atoms with van der Waals surface area (Å²) >= 11 is 1.78. The van der Waals surface area contributed by atoms with Crippen LogP contribution in [0.4, 0.5) is 5.00 Å². The molecular weight excluding hydrogens is 341 g/mol. The normalized spacial score (nSPS) is 21.2. The summed E-state index contributed by atoms with van der Waals surface area (Å²) in [5.74, 6) is 1.06. The van der Waals surface area contributed by atoms with Crippen LogP contribution in [0.2, 0.25) is 0 Å². The number of nitrogens with zero attached hydrogens (tertiary/aromatic N) is 2. The predicted octanol–water partition coefficient (Wildman–Crippen LogP) is 2.63. The molecule has 0 saturated carbocycles. The smallest absolute Gasteiger partial charge is 0.222 e. The molecule has 126 valence electrons. The van der Waals surface area contributed by atoms with E-state index < -0.39 is 0 Å². The first-order valence-electron chi connectivity index (χ1n) is 7.60. The fourth-order valence-electron chi connectivity index (χ4n) is 3.07. The number of amides is 1. The molecule has 1 N–H and O–H groups in total. The van der Waals surface area contributed by atoms with Gasteiger partial charge < -0.3 is 15.1 Å². The summed E-state index contributed by atoms with van der Waals surface area (Å²) in [6, 6.07) is 4.25. The van der Waals surface area contributed by atoms with Crippen LogP contribution in [-0.2, 0) is 4.79 Å². The van der Waals surface area contributed by atoms with Crippen molar-refractivity contribution in [2.45, 2.75) is 19.3 Å². The van der Waals surface area contributed by atoms with Gasteiger partial charge in [0.25, 0.3) is 0 Å². The van der Waals surface area contributed by atoms with Crippen molar-refractivity contribution in [3.63, 3.8) is 0 Å². The number of halogens is 2. The Morgan fingerprint density at radius 2 is 2.05 bits per heavy atom. The van der Waals surface area contributed by atoms with Gasteiger partial charge in [-0.2, -0.15) is 0 Å². The van der Waals surface area contributed by atoms with Gasteiger partial charge in [0.15, 0.2) is 0 Å². The van der Waals surface area contributed by atoms with Gasteiger partial charge in [-0.05, 0) is 49.4 Å². The van der Waals surface area contributed by atoms with E-state index in [4.69, 9.17) is 0 Å². The fourth-order valence-corrected chi connectivity index (χ4v) is 3.86. The van der Waals surface area contributed by atoms with E-state index in [1.54, 1.807) is 11.3 Å². The fraction of sp³-hybridized carbons (Fsp3) is 0.667. The van der Waals surface area contributed by atoms with E-state index in [1.807, 2.05) is 4.90 Å². The van der Waals surface area contributed by atoms with Crippen LogP contribution < -0.4 is 10.2 Å². The van der Waals surface area contributed by atoms with Crippen molar-refractivity contribution in [2.24, 2.45) is 5.92 Å². The molecule has 4 nitrogen and oxygen atoms in total. The number of nitrogens with one attached hydrogen (secondary N) is 1. The Hall–Kier alpha value is -0.490. The highest BCUT2D eigenvalue weighted by Crippen LogP contribution is 2.23. The molecule has 2 fully saturated rings. The minimum Gasteiger partial charge on any atom is -0.360 e. The second-order valence-electron chi connectivity index (χ2n) is 5.72. The molecule has 0 bridgehead atoms. The first-order valence-corrected chi connectivity index (χ1v) is 8.48. The summed E-state index contributed by atoms with van der Waals surface area (Å²) < 4.78 is 0. The van der Waals surface area contributed by atoms with Crippen LogP contribution in [0.3, 0.4) is 0 Å². The molecule has 1 aromatic heterocycles. The second-order valence-corrected chi connectivity index (χ2v) is 6.64. The Bertz CT molecular complexity index is 430. The largest absolute Gasteiger partial charge is 0.360 e. The zero-order valence-corrected chi connectivity index (χ0v) is 15.2. The Labute approximate surface area is 149 Å². The van der Waals surface area contributed by atoms with E-state index in [0.29, 0.717) is 11.8 Å². The van der Waals surface area contributed by atoms with Crippen molar-refractivity contribution in [3.8, 4) is 0 Å². The zero-order chi connectivity index (χ0) is 13.8. The van der Waals surface area contributed by atoms with Crippen molar-refractivity contribution in [1.29, 1.82) is 0 Å². The second kappa shape index (κ2) is 9.60. The van der Waals surface area contributed by atoms with Crippen molar-refractivity contribution < 1.29 is 4.79 Å². The van der Waals surface area contributed by atoms with Gasteiger partial charge >= 0.3 is 0 Å². The van der Waals surface area contributed by atoms with Crippen molar-refractivity contribution >= 4 is 47.1 Å². The molecular formula is C15H25Cl2N3OS. The van der Waals surface area contributed by atoms with E-state index in [9.17, 15) is 4.79 Å². The summed E-state index contributed by atoms with van der Waals surface area (Å²) in [7, 11) is 0. The zero-order valence-electron chi connectivity index (χ0n) is 12.7. The Morgan fingerprint density at radius 1 is 1.27 bits per heavy atom. The van der Waals surface area contributed by atoms with Gasteiger partial charge in [0, 0.05) is 32.6 Å². The number of piperazine rings is 1. The average Bonchev–Trinajstić information content (AvgIpc) is 3.18. The monoisotopic (exact) mass is 365 g/mol. The number of carbonyl (C=O) groups excluding carboxylic acids is 1. The number of rotatable bonds is 4. The van der Waals surface area contributed by atoms with E-state index in [1.165, 1.54) is 11.4 Å². The number of carbonyl (C=O) groups is 1. The lowest BCUT2D eigenvalue weighted by Gasteiger charge is -2.35. The molecule has 1 aromatic rings. The van der Waals surface area contributed by atoms with Gasteiger partial charge in [0.05, 0.1) is 5.00 Å². The molecule has 3 rings (SSSR count). The third-order valence-corrected chi connectivity index (χ3v) is 5.31. The standard InChI is InChI=1S/C15H23N3OS.2ClH/c19-14(4-3-13-5-6-16-12-13)17-7-9-18(10-8-17)15-2-1-11-20-15;;/h1-2,11,13,16H,3-10,12H2;2*1H. The van der Waals surface area contributed by atoms with Gasteiger partial charge in [0.2, 0.25) is 5.91 Å². The highest BCUT2D eigenvalue weighted by molar-refractivity contribution is 7.14. The molecule has 1 amide bonds. The molecule has 7 heteroatoms. The van der Waals surface area contributed by atoms with E-state index in [-0.39, 0.29) is 24.8 Å². The summed E-state index contributed by atoms with van der Waals surface area (Å²) in [6.07, 6.45) is 3.02. The molecule has 2 aliphatic rings. The molecule has 2 saturated heterocycles. The molecule has 1 atom stereocenters. The van der Waals surface area contributed by atoms with E-state index >= 15 is 0 Å². The maximum atomic E-state index is 12.2. The van der Waals surface area contributed by atoms with Gasteiger partial charge in [-0.25, -0.2) is 0 Å². The van der Waals surface area contributed by atoms with Crippen LogP contribution in [0.15, 0.2) is 17.5 Å². The molecule has 0 spiro atoms. The van der Waals surface area contributed by atoms with Gasteiger partial charge in [-0.1, -0.05) is 0 Å². The summed E-state index contributed by atoms with van der Waals surface area (Å²) in [5, 5.41) is 6.81. The summed E-state index contributed by atoms with van der Waals surface area (Å²) in [5.41, 5.74) is 0. The minimum absolute atomic E-state index is 0. The lowest BCUT2D eigenvalue weighted by molar-refractivity contribution is -0.131. The van der Waals surface area contributed by atoms with Gasteiger partial charge in [-0.3, -0.25) is 4.79 Å². The highest BCUT2D eigenvalue weighted by atomic mass is 35.5. The third-order valence-electron chi connectivity index (χ3n) is 4.38. The lowest BCUT2D eigenvalue weighted by Crippen LogP contribution is -2.48. The first-order chi connectivity index (χ1) is 9.83. The Balaban J connectivity index is 0.00000121. The molecule has 3 heterocycles. The molecule has 1 unspecified atom stereocenters. The Morgan fingerprint density at radius 3 is 2.64 bits per heavy atom. The van der Waals surface area contributed by atoms with E-state index in [0.717, 1.165) is 52.1 Å². The van der Waals surface area contributed by atoms with Gasteiger partial charge in [-0.15, -0.1) is 36.2 Å². The molecule has 0 radical (unpaired) electrons. The van der Waals surface area contributed by atoms with Crippen molar-refractivity contribution in [3.05, 3.63) is 17.5 Å². The Kier molecular flexibility index (Phi) is 8.54. The average molecular weight is 366 g/mol. The summed E-state index contributed by atoms with van der Waals surface area (Å²) in [6.45, 7) is 5.91. The molecule has 0 aliphatic carbocycles. The lowest BCUT2D eigenvalue weighted by atomic mass is 10.0. The number of hydrogen-bond donors (Lipinski definition) is 1. The first kappa shape index (κ1) is 19.6. The number of thiophene rings is 1. The third kappa shape index (κ3) is 5.01. The predicted molar refractivity (Wildman–Crippen MR) is 97.8 cm³/mol. The quantitative estimate of drug-likeness (QED) is 0.890. The summed E-state index contributed by atoms with van der Waals surface area (Å²) in [4.78, 5) is 16.7. The number of anilines is 1. The molecule has 2 aliphatic heterocycles. The topological polar surface area (TPSA) is 35.6 Å². The number of hydrogen-bond acceptors (Lipinski definition) is 4. The van der Waals surface area contributed by atoms with Crippen LogP contribution in [0, 0.1) is 5.92 Å².